The van der Waals surface area contributed by atoms with Crippen LogP contribution in [0.25, 0.3) is 0 Å². The number of hydrogen-bond donors (Lipinski definition) is 1. The molecule has 1 amide bonds. The van der Waals surface area contributed by atoms with Crippen molar-refractivity contribution in [2.75, 3.05) is 6.54 Å². The van der Waals surface area contributed by atoms with Crippen molar-refractivity contribution in [3.8, 4) is 0 Å². The van der Waals surface area contributed by atoms with Crippen LogP contribution >= 0.6 is 11.3 Å². The van der Waals surface area contributed by atoms with Gasteiger partial charge in [0.1, 0.15) is 5.01 Å². The maximum Gasteiger partial charge on any atom is 0.240 e. The standard InChI is InChI=1S/C12H19N3OS/c1-9(2)14-10-4-3-6-15(12(10)16)8-11-13-5-7-17-11/h5,7,9-10,14H,3-4,6,8H2,1-2H3. The Balaban J connectivity index is 1.96. The molecule has 0 bridgehead atoms. The first kappa shape index (κ1) is 12.5. The number of piperidine rings is 1. The first-order valence-corrected chi connectivity index (χ1v) is 6.98. The molecule has 1 fully saturated rings. The zero-order valence-corrected chi connectivity index (χ0v) is 11.2. The molecule has 5 heteroatoms. The van der Waals surface area contributed by atoms with Crippen molar-refractivity contribution in [2.45, 2.75) is 45.3 Å². The summed E-state index contributed by atoms with van der Waals surface area (Å²) in [6.45, 7) is 5.67. The van der Waals surface area contributed by atoms with E-state index in [1.807, 2.05) is 10.3 Å². The largest absolute Gasteiger partial charge is 0.335 e. The average Bonchev–Trinajstić information content (AvgIpc) is 2.76. The van der Waals surface area contributed by atoms with Crippen LogP contribution in [-0.4, -0.2) is 34.4 Å². The lowest BCUT2D eigenvalue weighted by atomic mass is 10.0. The minimum Gasteiger partial charge on any atom is -0.335 e. The molecule has 1 saturated heterocycles. The summed E-state index contributed by atoms with van der Waals surface area (Å²) in [5, 5.41) is 6.30. The summed E-state index contributed by atoms with van der Waals surface area (Å²) in [7, 11) is 0. The Morgan fingerprint density at radius 2 is 2.47 bits per heavy atom. The molecule has 1 aliphatic heterocycles. The molecule has 0 aliphatic carbocycles. The van der Waals surface area contributed by atoms with Gasteiger partial charge in [-0.15, -0.1) is 11.3 Å². The number of aromatic nitrogens is 1. The molecule has 2 rings (SSSR count). The first-order chi connectivity index (χ1) is 8.16. The number of nitrogens with zero attached hydrogens (tertiary/aromatic N) is 2. The Kier molecular flexibility index (Phi) is 4.12. The second-order valence-electron chi connectivity index (χ2n) is 4.70. The molecule has 1 N–H and O–H groups in total. The molecule has 1 unspecified atom stereocenters. The molecule has 2 heterocycles. The van der Waals surface area contributed by atoms with Gasteiger partial charge < -0.3 is 10.2 Å². The van der Waals surface area contributed by atoms with E-state index in [-0.39, 0.29) is 11.9 Å². The molecule has 17 heavy (non-hydrogen) atoms. The third-order valence-corrected chi connectivity index (χ3v) is 3.64. The van der Waals surface area contributed by atoms with Crippen molar-refractivity contribution in [3.63, 3.8) is 0 Å². The van der Waals surface area contributed by atoms with Crippen molar-refractivity contribution in [1.82, 2.24) is 15.2 Å². The number of carbonyl (C=O) groups is 1. The lowest BCUT2D eigenvalue weighted by Gasteiger charge is -2.33. The van der Waals surface area contributed by atoms with Crippen molar-refractivity contribution in [1.29, 1.82) is 0 Å². The van der Waals surface area contributed by atoms with Crippen LogP contribution in [0, 0.1) is 0 Å². The van der Waals surface area contributed by atoms with Gasteiger partial charge in [-0.05, 0) is 12.8 Å². The van der Waals surface area contributed by atoms with Crippen LogP contribution in [0.3, 0.4) is 0 Å². The summed E-state index contributed by atoms with van der Waals surface area (Å²) in [5.41, 5.74) is 0. The van der Waals surface area contributed by atoms with Crippen LogP contribution < -0.4 is 5.32 Å². The molecule has 0 aromatic carbocycles. The third-order valence-electron chi connectivity index (χ3n) is 2.87. The van der Waals surface area contributed by atoms with E-state index >= 15 is 0 Å². The number of rotatable bonds is 4. The highest BCUT2D eigenvalue weighted by molar-refractivity contribution is 7.09. The minimum atomic E-state index is -0.0105. The zero-order valence-electron chi connectivity index (χ0n) is 10.3. The van der Waals surface area contributed by atoms with Crippen molar-refractivity contribution in [2.24, 2.45) is 0 Å². The van der Waals surface area contributed by atoms with Crippen LogP contribution in [0.15, 0.2) is 11.6 Å². The summed E-state index contributed by atoms with van der Waals surface area (Å²) < 4.78 is 0. The van der Waals surface area contributed by atoms with Gasteiger partial charge in [-0.2, -0.15) is 0 Å². The van der Waals surface area contributed by atoms with Gasteiger partial charge in [-0.3, -0.25) is 4.79 Å². The predicted molar refractivity (Wildman–Crippen MR) is 68.8 cm³/mol. The van der Waals surface area contributed by atoms with E-state index < -0.39 is 0 Å². The fourth-order valence-electron chi connectivity index (χ4n) is 2.15. The molecule has 1 aromatic heterocycles. The van der Waals surface area contributed by atoms with E-state index in [2.05, 4.69) is 24.1 Å². The summed E-state index contributed by atoms with van der Waals surface area (Å²) in [5.74, 6) is 0.222. The number of thiazole rings is 1. The Labute approximate surface area is 106 Å². The van der Waals surface area contributed by atoms with Gasteiger partial charge in [0.15, 0.2) is 0 Å². The van der Waals surface area contributed by atoms with Gasteiger partial charge in [0, 0.05) is 24.2 Å². The minimum absolute atomic E-state index is 0.0105. The maximum atomic E-state index is 12.2. The Bertz CT molecular complexity index is 364. The predicted octanol–water partition coefficient (Wildman–Crippen LogP) is 1.63. The Morgan fingerprint density at radius 3 is 3.12 bits per heavy atom. The number of amides is 1. The molecule has 1 aliphatic rings. The Hall–Kier alpha value is -0.940. The highest BCUT2D eigenvalue weighted by Crippen LogP contribution is 2.16. The van der Waals surface area contributed by atoms with Gasteiger partial charge in [-0.1, -0.05) is 13.8 Å². The number of hydrogen-bond acceptors (Lipinski definition) is 4. The summed E-state index contributed by atoms with van der Waals surface area (Å²) in [4.78, 5) is 18.4. The van der Waals surface area contributed by atoms with Crippen LogP contribution in [0.1, 0.15) is 31.7 Å². The van der Waals surface area contributed by atoms with Gasteiger partial charge in [0.05, 0.1) is 12.6 Å². The van der Waals surface area contributed by atoms with E-state index in [9.17, 15) is 4.79 Å². The summed E-state index contributed by atoms with van der Waals surface area (Å²) in [6, 6.07) is 0.340. The fourth-order valence-corrected chi connectivity index (χ4v) is 2.78. The summed E-state index contributed by atoms with van der Waals surface area (Å²) >= 11 is 1.61. The maximum absolute atomic E-state index is 12.2. The zero-order chi connectivity index (χ0) is 12.3. The van der Waals surface area contributed by atoms with E-state index in [1.54, 1.807) is 17.5 Å². The van der Waals surface area contributed by atoms with E-state index in [1.165, 1.54) is 0 Å². The molecule has 0 spiro atoms. The summed E-state index contributed by atoms with van der Waals surface area (Å²) in [6.07, 6.45) is 3.81. The molecular weight excluding hydrogens is 234 g/mol. The van der Waals surface area contributed by atoms with Crippen molar-refractivity contribution in [3.05, 3.63) is 16.6 Å². The molecule has 0 saturated carbocycles. The molecule has 1 aromatic rings. The lowest BCUT2D eigenvalue weighted by Crippen LogP contribution is -2.51. The second-order valence-corrected chi connectivity index (χ2v) is 5.68. The third kappa shape index (κ3) is 3.26. The van der Waals surface area contributed by atoms with Crippen LogP contribution in [0.2, 0.25) is 0 Å². The van der Waals surface area contributed by atoms with E-state index in [0.717, 1.165) is 24.4 Å². The van der Waals surface area contributed by atoms with Crippen LogP contribution in [-0.2, 0) is 11.3 Å². The Morgan fingerprint density at radius 1 is 1.65 bits per heavy atom. The number of likely N-dealkylation sites (tertiary alicyclic amines) is 1. The average molecular weight is 253 g/mol. The normalized spacial score (nSPS) is 21.2. The molecule has 1 atom stereocenters. The topological polar surface area (TPSA) is 45.2 Å². The fraction of sp³-hybridized carbons (Fsp3) is 0.667. The molecular formula is C12H19N3OS. The van der Waals surface area contributed by atoms with Gasteiger partial charge >= 0.3 is 0 Å². The quantitative estimate of drug-likeness (QED) is 0.887. The monoisotopic (exact) mass is 253 g/mol. The molecule has 0 radical (unpaired) electrons. The lowest BCUT2D eigenvalue weighted by molar-refractivity contribution is -0.136. The van der Waals surface area contributed by atoms with Gasteiger partial charge in [0.25, 0.3) is 0 Å². The van der Waals surface area contributed by atoms with E-state index in [4.69, 9.17) is 0 Å². The molecule has 4 nitrogen and oxygen atoms in total. The van der Waals surface area contributed by atoms with Crippen molar-refractivity contribution < 1.29 is 4.79 Å². The van der Waals surface area contributed by atoms with E-state index in [0.29, 0.717) is 12.6 Å². The highest BCUT2D eigenvalue weighted by atomic mass is 32.1. The van der Waals surface area contributed by atoms with Crippen LogP contribution in [0.5, 0.6) is 0 Å². The van der Waals surface area contributed by atoms with Gasteiger partial charge in [-0.25, -0.2) is 4.98 Å². The SMILES string of the molecule is CC(C)NC1CCCN(Cc2nccs2)C1=O. The van der Waals surface area contributed by atoms with Crippen molar-refractivity contribution >= 4 is 17.2 Å². The number of carbonyl (C=O) groups excluding carboxylic acids is 1. The molecule has 94 valence electrons. The van der Waals surface area contributed by atoms with Gasteiger partial charge in [0.2, 0.25) is 5.91 Å². The second kappa shape index (κ2) is 5.60. The first-order valence-electron chi connectivity index (χ1n) is 6.10. The number of nitrogens with one attached hydrogen (secondary N) is 1. The smallest absolute Gasteiger partial charge is 0.240 e. The highest BCUT2D eigenvalue weighted by Gasteiger charge is 2.29. The van der Waals surface area contributed by atoms with Crippen LogP contribution in [0.4, 0.5) is 0 Å².